The number of nitrogens with zero attached hydrogens (tertiary/aromatic N) is 2. The molecule has 0 bridgehead atoms. The molecule has 0 amide bonds. The lowest BCUT2D eigenvalue weighted by Crippen LogP contribution is -1.83. The number of hydrogen-bond acceptors (Lipinski definition) is 1. The first-order valence-electron chi connectivity index (χ1n) is 3.52. The summed E-state index contributed by atoms with van der Waals surface area (Å²) in [5, 5.41) is 0. The number of allylic oxidation sites excluding steroid dienone is 1. The van der Waals surface area contributed by atoms with E-state index < -0.39 is 0 Å². The van der Waals surface area contributed by atoms with Crippen molar-refractivity contribution in [2.75, 3.05) is 0 Å². The van der Waals surface area contributed by atoms with Crippen LogP contribution in [0.4, 0.5) is 5.82 Å². The van der Waals surface area contributed by atoms with Crippen LogP contribution in [0, 0.1) is 6.92 Å². The second kappa shape index (κ2) is 3.19. The largest absolute Gasteiger partial charge is 0.336 e. The summed E-state index contributed by atoms with van der Waals surface area (Å²) in [5.74, 6) is 0.991. The predicted molar refractivity (Wildman–Crippen MR) is 48.5 cm³/mol. The van der Waals surface area contributed by atoms with Gasteiger partial charge < -0.3 is 4.57 Å². The lowest BCUT2D eigenvalue weighted by atomic mass is 10.4. The highest BCUT2D eigenvalue weighted by Gasteiger charge is 1.97. The van der Waals surface area contributed by atoms with Crippen LogP contribution >= 0.6 is 0 Å². The van der Waals surface area contributed by atoms with Crippen LogP contribution in [0.1, 0.15) is 5.56 Å². The van der Waals surface area contributed by atoms with Crippen molar-refractivity contribution in [1.29, 1.82) is 0 Å². The third-order valence-electron chi connectivity index (χ3n) is 1.54. The fourth-order valence-corrected chi connectivity index (χ4v) is 0.963. The van der Waals surface area contributed by atoms with E-state index in [9.17, 15) is 0 Å². The van der Waals surface area contributed by atoms with E-state index in [0.29, 0.717) is 0 Å². The summed E-state index contributed by atoms with van der Waals surface area (Å²) < 4.78 is 1.98. The summed E-state index contributed by atoms with van der Waals surface area (Å²) >= 11 is 0. The van der Waals surface area contributed by atoms with Gasteiger partial charge in [-0.1, -0.05) is 12.7 Å². The second-order valence-electron chi connectivity index (χ2n) is 2.45. The van der Waals surface area contributed by atoms with Crippen LogP contribution in [-0.4, -0.2) is 10.8 Å². The molecule has 2 heteroatoms. The minimum Gasteiger partial charge on any atom is -0.336 e. The third-order valence-corrected chi connectivity index (χ3v) is 1.54. The van der Waals surface area contributed by atoms with Crippen LogP contribution in [0.5, 0.6) is 0 Å². The molecule has 0 N–H and O–H groups in total. The zero-order chi connectivity index (χ0) is 8.27. The minimum absolute atomic E-state index is 0.991. The molecule has 0 spiro atoms. The summed E-state index contributed by atoms with van der Waals surface area (Å²) in [5.41, 5.74) is 1.19. The van der Waals surface area contributed by atoms with Gasteiger partial charge in [0.25, 0.3) is 0 Å². The molecule has 2 nitrogen and oxygen atoms in total. The zero-order valence-corrected chi connectivity index (χ0v) is 6.91. The van der Waals surface area contributed by atoms with Gasteiger partial charge in [0.2, 0.25) is 0 Å². The van der Waals surface area contributed by atoms with E-state index in [0.717, 1.165) is 5.82 Å². The van der Waals surface area contributed by atoms with E-state index in [1.54, 1.807) is 12.3 Å². The Labute approximate surface area is 66.9 Å². The molecule has 1 rings (SSSR count). The number of rotatable bonds is 2. The highest BCUT2D eigenvalue weighted by Crippen LogP contribution is 2.17. The summed E-state index contributed by atoms with van der Waals surface area (Å²) in [7, 11) is 1.97. The molecule has 0 aromatic carbocycles. The van der Waals surface area contributed by atoms with Crippen molar-refractivity contribution in [1.82, 2.24) is 4.57 Å². The van der Waals surface area contributed by atoms with Crippen LogP contribution < -0.4 is 0 Å². The number of aliphatic imine (C=N–C) groups is 1. The van der Waals surface area contributed by atoms with Gasteiger partial charge >= 0.3 is 0 Å². The number of aryl methyl sites for hydroxylation is 2. The Hall–Kier alpha value is -1.31. The van der Waals surface area contributed by atoms with Crippen molar-refractivity contribution < 1.29 is 0 Å². The van der Waals surface area contributed by atoms with Gasteiger partial charge in [-0.05, 0) is 18.6 Å². The molecule has 0 unspecified atom stereocenters. The van der Waals surface area contributed by atoms with E-state index >= 15 is 0 Å². The van der Waals surface area contributed by atoms with Gasteiger partial charge in [0.15, 0.2) is 0 Å². The van der Waals surface area contributed by atoms with Crippen molar-refractivity contribution in [2.24, 2.45) is 12.0 Å². The minimum atomic E-state index is 0.991. The highest BCUT2D eigenvalue weighted by atomic mass is 15.0. The third kappa shape index (κ3) is 1.58. The molecule has 1 aromatic rings. The molecule has 1 aromatic heterocycles. The summed E-state index contributed by atoms with van der Waals surface area (Å²) in [6, 6.07) is 2.04. The standard InChI is InChI=1S/C9H12N2/c1-4-6-10-9-8(2)5-7-11(9)3/h4-7H,1H2,2-3H3/b10-6-. The monoisotopic (exact) mass is 148 g/mol. The summed E-state index contributed by atoms with van der Waals surface area (Å²) in [6.07, 6.45) is 5.36. The fraction of sp³-hybridized carbons (Fsp3) is 0.222. The second-order valence-corrected chi connectivity index (χ2v) is 2.45. The Morgan fingerprint density at radius 3 is 2.82 bits per heavy atom. The van der Waals surface area contributed by atoms with Gasteiger partial charge in [-0.25, -0.2) is 4.99 Å². The molecular weight excluding hydrogens is 136 g/mol. The normalized spacial score (nSPS) is 10.7. The number of hydrogen-bond donors (Lipinski definition) is 0. The van der Waals surface area contributed by atoms with Gasteiger partial charge in [0.1, 0.15) is 5.82 Å². The molecule has 0 aliphatic heterocycles. The maximum Gasteiger partial charge on any atom is 0.135 e. The molecule has 1 heterocycles. The first-order valence-corrected chi connectivity index (χ1v) is 3.52. The maximum absolute atomic E-state index is 4.20. The van der Waals surface area contributed by atoms with Gasteiger partial charge in [0.05, 0.1) is 0 Å². The molecule has 11 heavy (non-hydrogen) atoms. The smallest absolute Gasteiger partial charge is 0.135 e. The van der Waals surface area contributed by atoms with Crippen LogP contribution in [0.3, 0.4) is 0 Å². The summed E-state index contributed by atoms with van der Waals surface area (Å²) in [4.78, 5) is 4.20. The Morgan fingerprint density at radius 1 is 1.64 bits per heavy atom. The van der Waals surface area contributed by atoms with Crippen LogP contribution in [0.25, 0.3) is 0 Å². The van der Waals surface area contributed by atoms with E-state index in [1.807, 2.05) is 30.8 Å². The quantitative estimate of drug-likeness (QED) is 0.572. The zero-order valence-electron chi connectivity index (χ0n) is 6.91. The molecule has 58 valence electrons. The molecule has 0 fully saturated rings. The van der Waals surface area contributed by atoms with Crippen molar-refractivity contribution in [3.63, 3.8) is 0 Å². The molecule has 0 radical (unpaired) electrons. The molecule has 0 saturated heterocycles. The van der Waals surface area contributed by atoms with E-state index in [4.69, 9.17) is 0 Å². The van der Waals surface area contributed by atoms with Crippen molar-refractivity contribution in [2.45, 2.75) is 6.92 Å². The molecule has 0 atom stereocenters. The Balaban J connectivity index is 3.00. The molecule has 0 aliphatic carbocycles. The Bertz CT molecular complexity index is 262. The van der Waals surface area contributed by atoms with Crippen molar-refractivity contribution in [3.05, 3.63) is 30.5 Å². The van der Waals surface area contributed by atoms with Gasteiger partial charge in [-0.2, -0.15) is 0 Å². The first-order chi connectivity index (χ1) is 5.25. The van der Waals surface area contributed by atoms with Gasteiger partial charge in [-0.3, -0.25) is 0 Å². The Morgan fingerprint density at radius 2 is 2.36 bits per heavy atom. The molecule has 0 saturated carbocycles. The molecule has 0 aliphatic rings. The SMILES string of the molecule is C=C/C=N\c1c(C)ccn1C. The van der Waals surface area contributed by atoms with Gasteiger partial charge in [0, 0.05) is 19.5 Å². The van der Waals surface area contributed by atoms with E-state index in [2.05, 4.69) is 11.6 Å². The van der Waals surface area contributed by atoms with Crippen molar-refractivity contribution >= 4 is 12.0 Å². The lowest BCUT2D eigenvalue weighted by molar-refractivity contribution is 0.923. The van der Waals surface area contributed by atoms with Crippen LogP contribution in [0.2, 0.25) is 0 Å². The van der Waals surface area contributed by atoms with E-state index in [-0.39, 0.29) is 0 Å². The van der Waals surface area contributed by atoms with Crippen LogP contribution in [-0.2, 0) is 7.05 Å². The van der Waals surface area contributed by atoms with Crippen LogP contribution in [0.15, 0.2) is 29.9 Å². The predicted octanol–water partition coefficient (Wildman–Crippen LogP) is 2.22. The maximum atomic E-state index is 4.20. The first kappa shape index (κ1) is 7.79. The van der Waals surface area contributed by atoms with Gasteiger partial charge in [-0.15, -0.1) is 0 Å². The summed E-state index contributed by atoms with van der Waals surface area (Å²) in [6.45, 7) is 5.60. The van der Waals surface area contributed by atoms with E-state index in [1.165, 1.54) is 5.56 Å². The topological polar surface area (TPSA) is 17.3 Å². The average Bonchev–Trinajstić information content (AvgIpc) is 2.29. The fourth-order valence-electron chi connectivity index (χ4n) is 0.963. The highest BCUT2D eigenvalue weighted by molar-refractivity contribution is 5.73. The Kier molecular flexibility index (Phi) is 2.26. The average molecular weight is 148 g/mol. The van der Waals surface area contributed by atoms with Crippen molar-refractivity contribution in [3.8, 4) is 0 Å². The lowest BCUT2D eigenvalue weighted by Gasteiger charge is -1.95. The molecular formula is C9H12N2. The number of aromatic nitrogens is 1.